The van der Waals surface area contributed by atoms with E-state index in [1.54, 1.807) is 16.4 Å². The Hall–Kier alpha value is -0.350. The molecule has 1 unspecified atom stereocenters. The summed E-state index contributed by atoms with van der Waals surface area (Å²) in [4.78, 5) is 0. The predicted octanol–water partition coefficient (Wildman–Crippen LogP) is 7.04. The van der Waals surface area contributed by atoms with Crippen LogP contribution >= 0.6 is 8.58 Å². The van der Waals surface area contributed by atoms with E-state index in [4.69, 9.17) is 0 Å². The van der Waals surface area contributed by atoms with Gasteiger partial charge in [0.25, 0.3) is 0 Å². The van der Waals surface area contributed by atoms with Gasteiger partial charge in [-0.05, 0) is 54.7 Å². The number of rotatable bonds is 14. The van der Waals surface area contributed by atoms with Gasteiger partial charge in [0.15, 0.2) is 0 Å². The monoisotopic (exact) mass is 334 g/mol. The number of hydrogen-bond acceptors (Lipinski definition) is 0. The first-order valence-electron chi connectivity index (χ1n) is 10.2. The minimum absolute atomic E-state index is 1.03. The summed E-state index contributed by atoms with van der Waals surface area (Å²) in [5.74, 6) is 0. The van der Waals surface area contributed by atoms with Gasteiger partial charge in [-0.1, -0.05) is 92.5 Å². The minimum atomic E-state index is 1.03. The number of aryl methyl sites for hydroxylation is 1. The van der Waals surface area contributed by atoms with Gasteiger partial charge in [-0.3, -0.25) is 0 Å². The van der Waals surface area contributed by atoms with Crippen molar-refractivity contribution in [1.82, 2.24) is 0 Å². The van der Waals surface area contributed by atoms with E-state index in [0.717, 1.165) is 8.58 Å². The van der Waals surface area contributed by atoms with Crippen LogP contribution in [0.2, 0.25) is 0 Å². The van der Waals surface area contributed by atoms with E-state index in [0.29, 0.717) is 0 Å². The molecule has 1 aromatic rings. The number of unbranched alkanes of at least 4 members (excludes halogenated alkanes) is 7. The Kier molecular flexibility index (Phi) is 12.6. The highest BCUT2D eigenvalue weighted by Gasteiger charge is 2.08. The van der Waals surface area contributed by atoms with Gasteiger partial charge in [-0.15, -0.1) is 0 Å². The maximum absolute atomic E-state index is 2.41. The molecule has 132 valence electrons. The van der Waals surface area contributed by atoms with Gasteiger partial charge in [0, 0.05) is 0 Å². The van der Waals surface area contributed by atoms with E-state index in [-0.39, 0.29) is 0 Å². The van der Waals surface area contributed by atoms with Crippen LogP contribution < -0.4 is 5.30 Å². The zero-order chi connectivity index (χ0) is 16.8. The van der Waals surface area contributed by atoms with E-state index in [1.165, 1.54) is 83.2 Å². The molecule has 0 heterocycles. The Bertz CT molecular complexity index is 397. The molecule has 0 saturated heterocycles. The van der Waals surface area contributed by atoms with Gasteiger partial charge in [0.05, 0.1) is 0 Å². The van der Waals surface area contributed by atoms with E-state index in [2.05, 4.69) is 39.0 Å². The molecule has 0 radical (unpaired) electrons. The Labute approximate surface area is 147 Å². The number of benzene rings is 1. The quantitative estimate of drug-likeness (QED) is 0.253. The van der Waals surface area contributed by atoms with Crippen molar-refractivity contribution in [3.8, 4) is 0 Å². The molecule has 1 aromatic carbocycles. The van der Waals surface area contributed by atoms with Gasteiger partial charge in [-0.25, -0.2) is 0 Å². The highest BCUT2D eigenvalue weighted by molar-refractivity contribution is 7.47. The first kappa shape index (κ1) is 20.7. The van der Waals surface area contributed by atoms with Crippen molar-refractivity contribution < 1.29 is 0 Å². The Morgan fingerprint density at radius 1 is 0.696 bits per heavy atom. The zero-order valence-electron chi connectivity index (χ0n) is 15.9. The summed E-state index contributed by atoms with van der Waals surface area (Å²) in [5.41, 5.74) is 3.36. The highest BCUT2D eigenvalue weighted by Crippen LogP contribution is 2.22. The molecule has 0 spiro atoms. The van der Waals surface area contributed by atoms with Crippen LogP contribution in [-0.2, 0) is 12.8 Å². The van der Waals surface area contributed by atoms with E-state index < -0.39 is 0 Å². The normalized spacial score (nSPS) is 11.6. The van der Waals surface area contributed by atoms with Crippen LogP contribution in [0.25, 0.3) is 0 Å². The lowest BCUT2D eigenvalue weighted by Gasteiger charge is -2.15. The topological polar surface area (TPSA) is 0 Å². The van der Waals surface area contributed by atoms with Crippen LogP contribution in [0, 0.1) is 0 Å². The van der Waals surface area contributed by atoms with Crippen LogP contribution in [-0.4, -0.2) is 6.16 Å². The molecular weight excluding hydrogens is 295 g/mol. The van der Waals surface area contributed by atoms with Crippen molar-refractivity contribution >= 4 is 13.9 Å². The second-order valence-corrected chi connectivity index (χ2v) is 8.24. The Morgan fingerprint density at radius 2 is 1.35 bits per heavy atom. The van der Waals surface area contributed by atoms with Crippen molar-refractivity contribution in [3.05, 3.63) is 29.3 Å². The van der Waals surface area contributed by atoms with E-state index in [1.807, 2.05) is 0 Å². The molecule has 0 aliphatic rings. The maximum Gasteiger partial charge on any atom is -0.0237 e. The summed E-state index contributed by atoms with van der Waals surface area (Å²) in [7, 11) is 1.03. The first-order valence-corrected chi connectivity index (χ1v) is 11.4. The van der Waals surface area contributed by atoms with Crippen LogP contribution in [0.5, 0.6) is 0 Å². The van der Waals surface area contributed by atoms with Crippen LogP contribution in [0.3, 0.4) is 0 Å². The van der Waals surface area contributed by atoms with Crippen LogP contribution in [0.1, 0.15) is 96.1 Å². The fourth-order valence-electron chi connectivity index (χ4n) is 3.18. The largest absolute Gasteiger partial charge is 0.0901 e. The summed E-state index contributed by atoms with van der Waals surface area (Å²) in [5, 5.41) is 1.68. The molecule has 0 nitrogen and oxygen atoms in total. The van der Waals surface area contributed by atoms with Crippen molar-refractivity contribution in [1.29, 1.82) is 0 Å². The average molecular weight is 335 g/mol. The molecule has 0 bridgehead atoms. The van der Waals surface area contributed by atoms with Crippen molar-refractivity contribution in [3.63, 3.8) is 0 Å². The lowest BCUT2D eigenvalue weighted by Crippen LogP contribution is -2.09. The van der Waals surface area contributed by atoms with Crippen LogP contribution in [0.15, 0.2) is 18.2 Å². The maximum atomic E-state index is 2.41. The van der Waals surface area contributed by atoms with Gasteiger partial charge >= 0.3 is 0 Å². The molecule has 0 aromatic heterocycles. The van der Waals surface area contributed by atoms with Gasteiger partial charge in [0.1, 0.15) is 0 Å². The lowest BCUT2D eigenvalue weighted by atomic mass is 9.98. The average Bonchev–Trinajstić information content (AvgIpc) is 2.58. The van der Waals surface area contributed by atoms with E-state index in [9.17, 15) is 0 Å². The van der Waals surface area contributed by atoms with Crippen LogP contribution in [0.4, 0.5) is 0 Å². The van der Waals surface area contributed by atoms with Crippen molar-refractivity contribution in [2.45, 2.75) is 97.8 Å². The SMILES string of the molecule is CCCCCCCCPc1cccc(CCCC)c1CCCC. The summed E-state index contributed by atoms with van der Waals surface area (Å²) in [6.07, 6.45) is 17.8. The molecule has 1 heteroatoms. The number of hydrogen-bond donors (Lipinski definition) is 0. The molecule has 0 amide bonds. The smallest absolute Gasteiger partial charge is 0.0237 e. The van der Waals surface area contributed by atoms with Gasteiger partial charge in [0.2, 0.25) is 0 Å². The second kappa shape index (κ2) is 14.0. The summed E-state index contributed by atoms with van der Waals surface area (Å²) >= 11 is 0. The lowest BCUT2D eigenvalue weighted by molar-refractivity contribution is 0.626. The van der Waals surface area contributed by atoms with Gasteiger partial charge < -0.3 is 0 Å². The molecule has 0 N–H and O–H groups in total. The molecule has 23 heavy (non-hydrogen) atoms. The molecule has 0 aliphatic heterocycles. The third-order valence-corrected chi connectivity index (χ3v) is 6.15. The molecular formula is C22H39P. The van der Waals surface area contributed by atoms with Crippen molar-refractivity contribution in [2.24, 2.45) is 0 Å². The Balaban J connectivity index is 2.51. The third-order valence-electron chi connectivity index (χ3n) is 4.70. The van der Waals surface area contributed by atoms with Crippen molar-refractivity contribution in [2.75, 3.05) is 6.16 Å². The summed E-state index contributed by atoms with van der Waals surface area (Å²) in [6, 6.07) is 7.11. The molecule has 0 aliphatic carbocycles. The standard InChI is InChI=1S/C22H39P/c1-4-7-10-11-12-13-19-23-22-18-14-16-20(15-8-5-2)21(22)17-9-6-3/h14,16,18,23H,4-13,15,17,19H2,1-3H3. The Morgan fingerprint density at radius 3 is 2.09 bits per heavy atom. The highest BCUT2D eigenvalue weighted by atomic mass is 31.1. The fourth-order valence-corrected chi connectivity index (χ4v) is 4.59. The zero-order valence-corrected chi connectivity index (χ0v) is 16.9. The molecule has 0 saturated carbocycles. The molecule has 1 atom stereocenters. The van der Waals surface area contributed by atoms with Gasteiger partial charge in [-0.2, -0.15) is 0 Å². The van der Waals surface area contributed by atoms with E-state index >= 15 is 0 Å². The summed E-state index contributed by atoms with van der Waals surface area (Å²) < 4.78 is 0. The molecule has 0 fully saturated rings. The second-order valence-electron chi connectivity index (χ2n) is 6.84. The fraction of sp³-hybridized carbons (Fsp3) is 0.727. The first-order chi connectivity index (χ1) is 11.3. The minimum Gasteiger partial charge on any atom is -0.0901 e. The predicted molar refractivity (Wildman–Crippen MR) is 110 cm³/mol. The molecule has 1 rings (SSSR count). The third kappa shape index (κ3) is 8.90. The summed E-state index contributed by atoms with van der Waals surface area (Å²) in [6.45, 7) is 6.91.